The molecule has 2 aliphatic rings. The summed E-state index contributed by atoms with van der Waals surface area (Å²) in [6.07, 6.45) is 4.35. The summed E-state index contributed by atoms with van der Waals surface area (Å²) in [7, 11) is 0. The van der Waals surface area contributed by atoms with E-state index in [-0.39, 0.29) is 0 Å². The van der Waals surface area contributed by atoms with Crippen LogP contribution in [-0.4, -0.2) is 29.2 Å². The molecule has 1 saturated heterocycles. The van der Waals surface area contributed by atoms with Crippen LogP contribution in [0.4, 0.5) is 11.4 Å². The van der Waals surface area contributed by atoms with Crippen LogP contribution in [0.3, 0.4) is 0 Å². The number of nitrogens with zero attached hydrogens (tertiary/aromatic N) is 3. The molecule has 1 aromatic carbocycles. The second kappa shape index (κ2) is 5.00. The Kier molecular flexibility index (Phi) is 2.90. The molecule has 0 spiro atoms. The monoisotopic (exact) mass is 318 g/mol. The number of nitrogens with one attached hydrogen (secondary N) is 1. The highest BCUT2D eigenvalue weighted by Crippen LogP contribution is 2.35. The second-order valence-corrected chi connectivity index (χ2v) is 7.00. The van der Waals surface area contributed by atoms with E-state index in [1.165, 1.54) is 45.7 Å². The van der Waals surface area contributed by atoms with Gasteiger partial charge in [0.15, 0.2) is 0 Å². The lowest BCUT2D eigenvalue weighted by molar-refractivity contribution is 0.619. The van der Waals surface area contributed by atoms with Crippen molar-refractivity contribution in [3.8, 4) is 5.69 Å². The van der Waals surface area contributed by atoms with Crippen molar-refractivity contribution in [2.75, 3.05) is 29.9 Å². The number of pyridine rings is 1. The number of aromatic nitrogens is 2. The summed E-state index contributed by atoms with van der Waals surface area (Å²) >= 11 is 0. The van der Waals surface area contributed by atoms with Crippen molar-refractivity contribution in [2.24, 2.45) is 0 Å². The normalized spacial score (nSPS) is 16.2. The molecule has 0 aliphatic carbocycles. The quantitative estimate of drug-likeness (QED) is 0.780. The van der Waals surface area contributed by atoms with Gasteiger partial charge in [-0.05, 0) is 62.1 Å². The van der Waals surface area contributed by atoms with Gasteiger partial charge in [-0.25, -0.2) is 4.98 Å². The minimum atomic E-state index is 1.04. The average Bonchev–Trinajstić information content (AvgIpc) is 3.09. The molecule has 0 radical (unpaired) electrons. The summed E-state index contributed by atoms with van der Waals surface area (Å²) in [5.41, 5.74) is 8.94. The number of hydrogen-bond donors (Lipinski definition) is 1. The number of aryl methyl sites for hydroxylation is 2. The van der Waals surface area contributed by atoms with Crippen molar-refractivity contribution >= 4 is 22.4 Å². The van der Waals surface area contributed by atoms with Crippen LogP contribution in [0.1, 0.15) is 23.2 Å². The van der Waals surface area contributed by atoms with Gasteiger partial charge in [-0.3, -0.25) is 4.57 Å². The molecule has 4 nitrogen and oxygen atoms in total. The Bertz CT molecular complexity index is 950. The molecular weight excluding hydrogens is 296 g/mol. The van der Waals surface area contributed by atoms with E-state index in [0.29, 0.717) is 0 Å². The van der Waals surface area contributed by atoms with Gasteiger partial charge in [-0.2, -0.15) is 0 Å². The zero-order valence-electron chi connectivity index (χ0n) is 14.3. The Morgan fingerprint density at radius 3 is 2.79 bits per heavy atom. The number of anilines is 2. The van der Waals surface area contributed by atoms with E-state index in [9.17, 15) is 0 Å². The van der Waals surface area contributed by atoms with Gasteiger partial charge in [0.1, 0.15) is 5.65 Å². The number of fused-ring (bicyclic) bond motifs is 2. The van der Waals surface area contributed by atoms with Crippen molar-refractivity contribution in [2.45, 2.75) is 26.7 Å². The van der Waals surface area contributed by atoms with Crippen molar-refractivity contribution in [3.05, 3.63) is 47.3 Å². The van der Waals surface area contributed by atoms with Crippen LogP contribution in [0.15, 0.2) is 30.5 Å². The zero-order chi connectivity index (χ0) is 16.3. The lowest BCUT2D eigenvalue weighted by Gasteiger charge is -2.33. The Hall–Kier alpha value is -2.49. The van der Waals surface area contributed by atoms with E-state index < -0.39 is 0 Å². The van der Waals surface area contributed by atoms with Crippen molar-refractivity contribution in [3.63, 3.8) is 0 Å². The highest BCUT2D eigenvalue weighted by Gasteiger charge is 2.21. The molecule has 24 heavy (non-hydrogen) atoms. The Balaban J connectivity index is 1.73. The van der Waals surface area contributed by atoms with E-state index in [1.54, 1.807) is 0 Å². The molecule has 2 aromatic heterocycles. The molecule has 4 heterocycles. The Morgan fingerprint density at radius 2 is 2.00 bits per heavy atom. The van der Waals surface area contributed by atoms with Gasteiger partial charge in [-0.15, -0.1) is 0 Å². The van der Waals surface area contributed by atoms with Crippen LogP contribution in [0.5, 0.6) is 0 Å². The van der Waals surface area contributed by atoms with Crippen LogP contribution < -0.4 is 10.2 Å². The van der Waals surface area contributed by atoms with E-state index >= 15 is 0 Å². The summed E-state index contributed by atoms with van der Waals surface area (Å²) < 4.78 is 2.31. The third kappa shape index (κ3) is 1.89. The molecule has 1 fully saturated rings. The van der Waals surface area contributed by atoms with Gasteiger partial charge >= 0.3 is 0 Å². The fourth-order valence-corrected chi connectivity index (χ4v) is 4.11. The highest BCUT2D eigenvalue weighted by atomic mass is 15.2. The minimum Gasteiger partial charge on any atom is -0.384 e. The van der Waals surface area contributed by atoms with E-state index in [4.69, 9.17) is 4.98 Å². The maximum atomic E-state index is 4.72. The van der Waals surface area contributed by atoms with Gasteiger partial charge in [0.2, 0.25) is 0 Å². The predicted molar refractivity (Wildman–Crippen MR) is 99.6 cm³/mol. The third-order valence-corrected chi connectivity index (χ3v) is 5.42. The van der Waals surface area contributed by atoms with Crippen LogP contribution in [0.25, 0.3) is 16.7 Å². The molecule has 0 amide bonds. The summed E-state index contributed by atoms with van der Waals surface area (Å²) in [5.74, 6) is 0. The molecule has 1 N–H and O–H groups in total. The first-order valence-electron chi connectivity index (χ1n) is 8.82. The fraction of sp³-hybridized carbons (Fsp3) is 0.350. The van der Waals surface area contributed by atoms with Crippen LogP contribution >= 0.6 is 0 Å². The molecule has 0 bridgehead atoms. The first kappa shape index (κ1) is 13.9. The van der Waals surface area contributed by atoms with Crippen LogP contribution in [0.2, 0.25) is 0 Å². The van der Waals surface area contributed by atoms with Crippen molar-refractivity contribution < 1.29 is 0 Å². The van der Waals surface area contributed by atoms with Gasteiger partial charge in [0.05, 0.1) is 0 Å². The molecule has 0 unspecified atom stereocenters. The fourth-order valence-electron chi connectivity index (χ4n) is 4.11. The molecule has 5 rings (SSSR count). The predicted octanol–water partition coefficient (Wildman–Crippen LogP) is 3.82. The van der Waals surface area contributed by atoms with Gasteiger partial charge in [-0.1, -0.05) is 0 Å². The van der Waals surface area contributed by atoms with Crippen molar-refractivity contribution in [1.82, 2.24) is 9.55 Å². The summed E-state index contributed by atoms with van der Waals surface area (Å²) in [4.78, 5) is 7.17. The molecule has 0 atom stereocenters. The first-order chi connectivity index (χ1) is 11.7. The van der Waals surface area contributed by atoms with Gasteiger partial charge in [0, 0.05) is 54.0 Å². The summed E-state index contributed by atoms with van der Waals surface area (Å²) in [6, 6.07) is 9.05. The largest absolute Gasteiger partial charge is 0.384 e. The number of rotatable bonds is 2. The first-order valence-corrected chi connectivity index (χ1v) is 8.82. The van der Waals surface area contributed by atoms with Crippen LogP contribution in [-0.2, 0) is 6.42 Å². The second-order valence-electron chi connectivity index (χ2n) is 7.00. The maximum absolute atomic E-state index is 4.72. The molecule has 2 aliphatic heterocycles. The SMILES string of the molecule is Cc1cc(-n2c(C)cc3c(N4CCC4)ccnc32)cc2c1NCC2. The molecule has 3 aromatic rings. The maximum Gasteiger partial charge on any atom is 0.146 e. The standard InChI is InChI=1S/C20H22N4/c1-13-10-16(12-15-4-6-21-19(13)15)24-14(2)11-17-18(23-8-3-9-23)5-7-22-20(17)24/h5,7,10-12,21H,3-4,6,8-9H2,1-2H3. The average molecular weight is 318 g/mol. The lowest BCUT2D eigenvalue weighted by Crippen LogP contribution is -2.37. The molecular formula is C20H22N4. The summed E-state index contributed by atoms with van der Waals surface area (Å²) in [6.45, 7) is 7.74. The molecule has 4 heteroatoms. The Labute approximate surface area is 142 Å². The Morgan fingerprint density at radius 1 is 1.12 bits per heavy atom. The van der Waals surface area contributed by atoms with Gasteiger partial charge in [0.25, 0.3) is 0 Å². The molecule has 0 saturated carbocycles. The molecule has 122 valence electrons. The number of hydrogen-bond acceptors (Lipinski definition) is 3. The summed E-state index contributed by atoms with van der Waals surface area (Å²) in [5, 5.41) is 4.77. The highest BCUT2D eigenvalue weighted by molar-refractivity contribution is 5.92. The van der Waals surface area contributed by atoms with E-state index in [2.05, 4.69) is 52.9 Å². The van der Waals surface area contributed by atoms with E-state index in [1.807, 2.05) is 6.20 Å². The van der Waals surface area contributed by atoms with Crippen LogP contribution in [0, 0.1) is 13.8 Å². The third-order valence-electron chi connectivity index (χ3n) is 5.42. The number of benzene rings is 1. The van der Waals surface area contributed by atoms with Gasteiger partial charge < -0.3 is 10.2 Å². The zero-order valence-corrected chi connectivity index (χ0v) is 14.3. The lowest BCUT2D eigenvalue weighted by atomic mass is 10.1. The topological polar surface area (TPSA) is 33.1 Å². The smallest absolute Gasteiger partial charge is 0.146 e. The van der Waals surface area contributed by atoms with Crippen molar-refractivity contribution in [1.29, 1.82) is 0 Å². The minimum absolute atomic E-state index is 1.04. The van der Waals surface area contributed by atoms with E-state index in [0.717, 1.165) is 31.7 Å².